The summed E-state index contributed by atoms with van der Waals surface area (Å²) in [5.41, 5.74) is 4.48. The second kappa shape index (κ2) is 14.2. The van der Waals surface area contributed by atoms with Crippen LogP contribution in [0.15, 0.2) is 97.1 Å². The van der Waals surface area contributed by atoms with Crippen LogP contribution >= 0.6 is 23.5 Å². The topological polar surface area (TPSA) is 57.2 Å². The molecule has 2 aliphatic rings. The van der Waals surface area contributed by atoms with Crippen LogP contribution in [0.5, 0.6) is 23.0 Å². The molecule has 242 valence electrons. The summed E-state index contributed by atoms with van der Waals surface area (Å²) in [5, 5.41) is 11.9. The molecule has 46 heavy (non-hydrogen) atoms. The van der Waals surface area contributed by atoms with E-state index in [-0.39, 0.29) is 24.0 Å². The molecule has 2 heterocycles. The van der Waals surface area contributed by atoms with Crippen molar-refractivity contribution in [1.82, 2.24) is 0 Å². The van der Waals surface area contributed by atoms with Crippen LogP contribution in [0.1, 0.15) is 49.9 Å². The van der Waals surface area contributed by atoms with Gasteiger partial charge in [-0.15, -0.1) is 0 Å². The number of hydrogen-bond donors (Lipinski definition) is 1. The van der Waals surface area contributed by atoms with Gasteiger partial charge in [0, 0.05) is 32.8 Å². The molecule has 4 aromatic carbocycles. The fraction of sp³-hybridized carbons (Fsp3) is 0.385. The lowest BCUT2D eigenvalue weighted by molar-refractivity contribution is 0.0626. The quantitative estimate of drug-likeness (QED) is 0.122. The standard InChI is InChI=1S/C39H44O5S2/c1-38(2,29-9-17-34(18-10-29)43-23-36-25-45-36)27-5-13-32(14-6-27)41-21-31(40)22-42-33-15-7-28(8-16-33)39(3,4)30-11-19-35(20-12-30)44-24-37-26-46-37/h5-20,31,36-37,40H,21-26H2,1-4H3. The van der Waals surface area contributed by atoms with Crippen molar-refractivity contribution >= 4 is 23.5 Å². The Balaban J connectivity index is 0.952. The maximum atomic E-state index is 10.6. The van der Waals surface area contributed by atoms with E-state index in [2.05, 4.69) is 100 Å². The third-order valence-corrected chi connectivity index (χ3v) is 10.7. The van der Waals surface area contributed by atoms with E-state index in [1.54, 1.807) is 0 Å². The molecular formula is C39H44O5S2. The zero-order chi connectivity index (χ0) is 32.1. The van der Waals surface area contributed by atoms with Crippen molar-refractivity contribution in [2.24, 2.45) is 0 Å². The third kappa shape index (κ3) is 8.55. The fourth-order valence-corrected chi connectivity index (χ4v) is 6.14. The van der Waals surface area contributed by atoms with Crippen molar-refractivity contribution in [2.45, 2.75) is 55.1 Å². The predicted molar refractivity (Wildman–Crippen MR) is 191 cm³/mol. The summed E-state index contributed by atoms with van der Waals surface area (Å²) in [4.78, 5) is 0. The van der Waals surface area contributed by atoms with Gasteiger partial charge in [-0.3, -0.25) is 0 Å². The lowest BCUT2D eigenvalue weighted by Gasteiger charge is -2.27. The van der Waals surface area contributed by atoms with Gasteiger partial charge in [-0.2, -0.15) is 23.5 Å². The summed E-state index contributed by atoms with van der Waals surface area (Å²) < 4.78 is 23.5. The summed E-state index contributed by atoms with van der Waals surface area (Å²) in [6, 6.07) is 33.0. The molecule has 2 unspecified atom stereocenters. The SMILES string of the molecule is CC(C)(c1ccc(OCC(O)COc2ccc(C(C)(C)c3ccc(OCC4CS4)cc3)cc2)cc1)c1ccc(OCC2CS2)cc1. The van der Waals surface area contributed by atoms with E-state index in [0.29, 0.717) is 22.0 Å². The van der Waals surface area contributed by atoms with Gasteiger partial charge in [0.1, 0.15) is 55.5 Å². The number of ether oxygens (including phenoxy) is 4. The van der Waals surface area contributed by atoms with Crippen molar-refractivity contribution in [3.8, 4) is 23.0 Å². The van der Waals surface area contributed by atoms with Crippen molar-refractivity contribution < 1.29 is 24.1 Å². The minimum atomic E-state index is -0.759. The number of hydrogen-bond acceptors (Lipinski definition) is 7. The first-order valence-corrected chi connectivity index (χ1v) is 18.1. The highest BCUT2D eigenvalue weighted by molar-refractivity contribution is 8.07. The van der Waals surface area contributed by atoms with E-state index in [0.717, 1.165) is 24.7 Å². The van der Waals surface area contributed by atoms with Gasteiger partial charge in [0.25, 0.3) is 0 Å². The molecule has 7 heteroatoms. The molecule has 0 spiro atoms. The van der Waals surface area contributed by atoms with Crippen LogP contribution < -0.4 is 18.9 Å². The number of thioether (sulfide) groups is 2. The number of benzene rings is 4. The highest BCUT2D eigenvalue weighted by atomic mass is 32.2. The zero-order valence-electron chi connectivity index (χ0n) is 27.1. The Hall–Kier alpha value is -3.26. The molecule has 2 saturated heterocycles. The van der Waals surface area contributed by atoms with Gasteiger partial charge in [0.05, 0.1) is 0 Å². The van der Waals surface area contributed by atoms with Gasteiger partial charge >= 0.3 is 0 Å². The first kappa shape index (κ1) is 32.7. The fourth-order valence-electron chi connectivity index (χ4n) is 5.34. The molecule has 0 bridgehead atoms. The van der Waals surface area contributed by atoms with E-state index in [1.165, 1.54) is 33.8 Å². The molecule has 0 amide bonds. The van der Waals surface area contributed by atoms with Gasteiger partial charge in [-0.1, -0.05) is 76.2 Å². The van der Waals surface area contributed by atoms with Gasteiger partial charge in [0.2, 0.25) is 0 Å². The van der Waals surface area contributed by atoms with Crippen molar-refractivity contribution in [3.63, 3.8) is 0 Å². The smallest absolute Gasteiger partial charge is 0.122 e. The number of rotatable bonds is 16. The van der Waals surface area contributed by atoms with Crippen LogP contribution in [0.3, 0.4) is 0 Å². The summed E-state index contributed by atoms with van der Waals surface area (Å²) in [6.45, 7) is 10.7. The Morgan fingerprint density at radius 3 is 1.04 bits per heavy atom. The van der Waals surface area contributed by atoms with Gasteiger partial charge < -0.3 is 24.1 Å². The maximum absolute atomic E-state index is 10.6. The Morgan fingerprint density at radius 2 is 0.783 bits per heavy atom. The lowest BCUT2D eigenvalue weighted by Crippen LogP contribution is -2.25. The molecule has 2 fully saturated rings. The molecule has 1 N–H and O–H groups in total. The molecule has 5 nitrogen and oxygen atoms in total. The van der Waals surface area contributed by atoms with Crippen molar-refractivity contribution in [2.75, 3.05) is 37.9 Å². The van der Waals surface area contributed by atoms with Gasteiger partial charge in [0.15, 0.2) is 0 Å². The normalized spacial score (nSPS) is 18.0. The van der Waals surface area contributed by atoms with Crippen LogP contribution in [0.25, 0.3) is 0 Å². The first-order valence-electron chi connectivity index (χ1n) is 16.0. The molecule has 0 aliphatic carbocycles. The monoisotopic (exact) mass is 656 g/mol. The van der Waals surface area contributed by atoms with E-state index >= 15 is 0 Å². The third-order valence-electron chi connectivity index (χ3n) is 8.87. The Kier molecular flexibility index (Phi) is 10.1. The predicted octanol–water partition coefficient (Wildman–Crippen LogP) is 8.15. The van der Waals surface area contributed by atoms with Crippen LogP contribution in [0.4, 0.5) is 0 Å². The van der Waals surface area contributed by atoms with Crippen molar-refractivity contribution in [1.29, 1.82) is 0 Å². The lowest BCUT2D eigenvalue weighted by atomic mass is 9.78. The summed E-state index contributed by atoms with van der Waals surface area (Å²) >= 11 is 3.89. The molecule has 2 aliphatic heterocycles. The zero-order valence-corrected chi connectivity index (χ0v) is 28.7. The molecular weight excluding hydrogens is 613 g/mol. The van der Waals surface area contributed by atoms with E-state index in [9.17, 15) is 5.11 Å². The highest BCUT2D eigenvalue weighted by Gasteiger charge is 2.26. The second-order valence-electron chi connectivity index (χ2n) is 13.2. The number of aliphatic hydroxyl groups is 1. The number of aliphatic hydroxyl groups excluding tert-OH is 1. The Labute approximate surface area is 282 Å². The Bertz CT molecular complexity index is 1420. The van der Waals surface area contributed by atoms with E-state index in [1.807, 2.05) is 47.8 Å². The molecule has 0 radical (unpaired) electrons. The minimum Gasteiger partial charge on any atom is -0.492 e. The molecule has 2 atom stereocenters. The van der Waals surface area contributed by atoms with Gasteiger partial charge in [-0.25, -0.2) is 0 Å². The molecule has 6 rings (SSSR count). The van der Waals surface area contributed by atoms with Crippen LogP contribution in [-0.2, 0) is 10.8 Å². The summed E-state index contributed by atoms with van der Waals surface area (Å²) in [5.74, 6) is 5.69. The van der Waals surface area contributed by atoms with Crippen LogP contribution in [0, 0.1) is 0 Å². The van der Waals surface area contributed by atoms with Crippen LogP contribution in [0.2, 0.25) is 0 Å². The van der Waals surface area contributed by atoms with Crippen molar-refractivity contribution in [3.05, 3.63) is 119 Å². The first-order chi connectivity index (χ1) is 22.2. The van der Waals surface area contributed by atoms with Crippen LogP contribution in [-0.4, -0.2) is 59.6 Å². The molecule has 4 aromatic rings. The Morgan fingerprint density at radius 1 is 0.522 bits per heavy atom. The van der Waals surface area contributed by atoms with E-state index in [4.69, 9.17) is 18.9 Å². The minimum absolute atomic E-state index is 0.147. The maximum Gasteiger partial charge on any atom is 0.122 e. The highest BCUT2D eigenvalue weighted by Crippen LogP contribution is 2.36. The second-order valence-corrected chi connectivity index (χ2v) is 15.8. The average molecular weight is 657 g/mol. The molecule has 0 saturated carbocycles. The summed E-state index contributed by atoms with van der Waals surface area (Å²) in [6.07, 6.45) is -0.759. The average Bonchev–Trinajstić information content (AvgIpc) is 4.01. The van der Waals surface area contributed by atoms with E-state index < -0.39 is 6.10 Å². The summed E-state index contributed by atoms with van der Waals surface area (Å²) in [7, 11) is 0. The van der Waals surface area contributed by atoms with Gasteiger partial charge in [-0.05, 0) is 70.8 Å². The largest absolute Gasteiger partial charge is 0.492 e. The molecule has 0 aromatic heterocycles.